The molecule has 1 aromatic rings. The minimum atomic E-state index is -2.72. The van der Waals surface area contributed by atoms with Gasteiger partial charge < -0.3 is 0 Å². The van der Waals surface area contributed by atoms with Crippen molar-refractivity contribution in [2.45, 2.75) is 36.2 Å². The van der Waals surface area contributed by atoms with Crippen LogP contribution in [-0.4, -0.2) is 25.3 Å². The lowest BCUT2D eigenvalue weighted by Gasteiger charge is -2.36. The summed E-state index contributed by atoms with van der Waals surface area (Å²) < 4.78 is 29.6. The average molecular weight is 311 g/mol. The summed E-state index contributed by atoms with van der Waals surface area (Å²) in [4.78, 5) is 0.672. The first-order valence-corrected chi connectivity index (χ1v) is 9.42. The van der Waals surface area contributed by atoms with E-state index in [9.17, 15) is 8.42 Å². The summed E-state index contributed by atoms with van der Waals surface area (Å²) in [5.74, 6) is 0.488. The predicted molar refractivity (Wildman–Crippen MR) is 85.6 cm³/mol. The van der Waals surface area contributed by atoms with Gasteiger partial charge in [0, 0.05) is 28.5 Å². The Labute approximate surface area is 124 Å². The fraction of sp³-hybridized carbons (Fsp3) is 0.467. The molecule has 1 aromatic carbocycles. The number of hydrogen-bond donors (Lipinski definition) is 0. The van der Waals surface area contributed by atoms with E-state index < -0.39 is 24.6 Å². The maximum Gasteiger partial charge on any atom is 0.134 e. The number of nitrogens with zero attached hydrogens (tertiary/aromatic N) is 1. The van der Waals surface area contributed by atoms with Crippen LogP contribution in [0.1, 0.15) is 27.2 Å². The third kappa shape index (κ3) is 2.27. The normalized spacial score (nSPS) is 29.9. The maximum atomic E-state index is 13.5. The smallest absolute Gasteiger partial charge is 0.134 e. The minimum Gasteiger partial charge on any atom is -0.258 e. The van der Waals surface area contributed by atoms with Crippen molar-refractivity contribution in [1.82, 2.24) is 0 Å². The number of rotatable bonds is 2. The molecule has 2 rings (SSSR count). The van der Waals surface area contributed by atoms with E-state index in [2.05, 4.69) is 4.36 Å². The molecular weight excluding hydrogens is 290 g/mol. The molecule has 0 saturated carbocycles. The lowest BCUT2D eigenvalue weighted by Crippen LogP contribution is -2.43. The Hall–Kier alpha value is -0.940. The first-order chi connectivity index (χ1) is 9.35. The van der Waals surface area contributed by atoms with Gasteiger partial charge in [-0.05, 0) is 39.3 Å². The van der Waals surface area contributed by atoms with Gasteiger partial charge in [0.1, 0.15) is 4.08 Å². The minimum absolute atomic E-state index is 0.488. The molecule has 0 spiro atoms. The molecule has 5 heteroatoms. The highest BCUT2D eigenvalue weighted by Gasteiger charge is 2.45. The molecule has 1 aliphatic heterocycles. The molecule has 20 heavy (non-hydrogen) atoms. The predicted octanol–water partition coefficient (Wildman–Crippen LogP) is 3.35. The van der Waals surface area contributed by atoms with Gasteiger partial charge in [0.2, 0.25) is 0 Å². The van der Waals surface area contributed by atoms with E-state index in [0.29, 0.717) is 17.1 Å². The van der Waals surface area contributed by atoms with Gasteiger partial charge in [-0.2, -0.15) is 0 Å². The molecule has 110 valence electrons. The molecule has 0 saturated heterocycles. The van der Waals surface area contributed by atoms with Crippen LogP contribution in [0.3, 0.4) is 0 Å². The van der Waals surface area contributed by atoms with Crippen LogP contribution < -0.4 is 0 Å². The molecular formula is C15H21NO2S2. The van der Waals surface area contributed by atoms with Crippen molar-refractivity contribution in [3.63, 3.8) is 0 Å². The molecule has 3 nitrogen and oxygen atoms in total. The quantitative estimate of drug-likeness (QED) is 0.786. The average Bonchev–Trinajstić information content (AvgIpc) is 2.45. The van der Waals surface area contributed by atoms with Gasteiger partial charge in [-0.3, -0.25) is 4.21 Å². The van der Waals surface area contributed by atoms with Crippen LogP contribution in [0.25, 0.3) is 0 Å². The summed E-state index contributed by atoms with van der Waals surface area (Å²) in [7, 11) is -2.35. The van der Waals surface area contributed by atoms with Gasteiger partial charge in [0.05, 0.1) is 9.73 Å². The van der Waals surface area contributed by atoms with E-state index in [-0.39, 0.29) is 0 Å². The van der Waals surface area contributed by atoms with Crippen LogP contribution in [-0.2, 0) is 20.5 Å². The van der Waals surface area contributed by atoms with Crippen LogP contribution in [0, 0.1) is 0 Å². The van der Waals surface area contributed by atoms with Crippen LogP contribution in [0.2, 0.25) is 0 Å². The summed E-state index contributed by atoms with van der Waals surface area (Å²) in [5, 5.41) is 0. The highest BCUT2D eigenvalue weighted by Crippen LogP contribution is 2.40. The first kappa shape index (κ1) is 15.4. The Bertz CT molecular complexity index is 685. The second kappa shape index (κ2) is 5.45. The third-order valence-electron chi connectivity index (χ3n) is 4.05. The van der Waals surface area contributed by atoms with E-state index in [1.807, 2.05) is 51.1 Å². The summed E-state index contributed by atoms with van der Waals surface area (Å²) in [6, 6.07) is 9.22. The fourth-order valence-corrected chi connectivity index (χ4v) is 7.62. The standard InChI is InChI=1S/C15H21NO2S2/c1-12-10-15(3,19(17)11-13(12)2)20(18,16-4)14-8-6-5-7-9-14/h5-9H,10-11H2,1-4H3/t15-,19-,20-/m0/s1. The first-order valence-electron chi connectivity index (χ1n) is 6.59. The highest BCUT2D eigenvalue weighted by molar-refractivity contribution is 8.08. The van der Waals surface area contributed by atoms with Crippen LogP contribution in [0.15, 0.2) is 50.7 Å². The molecule has 3 atom stereocenters. The van der Waals surface area contributed by atoms with E-state index in [1.54, 1.807) is 7.05 Å². The van der Waals surface area contributed by atoms with Crippen LogP contribution in [0.4, 0.5) is 0 Å². The number of hydrogen-bond acceptors (Lipinski definition) is 3. The van der Waals surface area contributed by atoms with E-state index in [0.717, 1.165) is 5.57 Å². The zero-order valence-corrected chi connectivity index (χ0v) is 14.0. The van der Waals surface area contributed by atoms with Crippen LogP contribution in [0.5, 0.6) is 0 Å². The summed E-state index contributed by atoms with van der Waals surface area (Å²) in [5.41, 5.74) is 2.33. The molecule has 0 amide bonds. The molecule has 0 aromatic heterocycles. The molecule has 0 fully saturated rings. The lowest BCUT2D eigenvalue weighted by molar-refractivity contribution is 0.631. The Morgan fingerprint density at radius 1 is 1.20 bits per heavy atom. The molecule has 0 bridgehead atoms. The van der Waals surface area contributed by atoms with Crippen molar-refractivity contribution in [2.24, 2.45) is 4.36 Å². The van der Waals surface area contributed by atoms with Crippen molar-refractivity contribution in [1.29, 1.82) is 0 Å². The van der Waals surface area contributed by atoms with Gasteiger partial charge in [-0.15, -0.1) is 0 Å². The van der Waals surface area contributed by atoms with E-state index in [1.165, 1.54) is 5.57 Å². The van der Waals surface area contributed by atoms with Gasteiger partial charge >= 0.3 is 0 Å². The summed E-state index contributed by atoms with van der Waals surface area (Å²) in [6.45, 7) is 5.88. The van der Waals surface area contributed by atoms with Crippen molar-refractivity contribution in [2.75, 3.05) is 12.8 Å². The van der Waals surface area contributed by atoms with Gasteiger partial charge in [0.15, 0.2) is 0 Å². The zero-order chi connectivity index (χ0) is 15.0. The van der Waals surface area contributed by atoms with Gasteiger partial charge in [-0.1, -0.05) is 29.3 Å². The molecule has 1 heterocycles. The third-order valence-corrected chi connectivity index (χ3v) is 9.83. The van der Waals surface area contributed by atoms with Crippen molar-refractivity contribution in [3.05, 3.63) is 41.5 Å². The Morgan fingerprint density at radius 2 is 1.80 bits per heavy atom. The zero-order valence-electron chi connectivity index (χ0n) is 12.4. The summed E-state index contributed by atoms with van der Waals surface area (Å²) in [6.07, 6.45) is 0.566. The SMILES string of the molecule is CN=[S@](=O)(c1ccccc1)[C@@]1(C)CC(C)=C(C)C[S@@]1=O. The highest BCUT2D eigenvalue weighted by atomic mass is 32.3. The molecule has 0 radical (unpaired) electrons. The summed E-state index contributed by atoms with van der Waals surface area (Å²) >= 11 is 0. The molecule has 0 unspecified atom stereocenters. The van der Waals surface area contributed by atoms with Crippen molar-refractivity contribution < 1.29 is 8.42 Å². The largest absolute Gasteiger partial charge is 0.258 e. The topological polar surface area (TPSA) is 46.5 Å². The molecule has 0 N–H and O–H groups in total. The Morgan fingerprint density at radius 3 is 2.35 bits per heavy atom. The van der Waals surface area contributed by atoms with Gasteiger partial charge in [0.25, 0.3) is 0 Å². The lowest BCUT2D eigenvalue weighted by atomic mass is 10.1. The van der Waals surface area contributed by atoms with Crippen LogP contribution >= 0.6 is 0 Å². The maximum absolute atomic E-state index is 13.5. The van der Waals surface area contributed by atoms with Crippen molar-refractivity contribution in [3.8, 4) is 0 Å². The van der Waals surface area contributed by atoms with Gasteiger partial charge in [-0.25, -0.2) is 8.57 Å². The molecule has 0 aliphatic carbocycles. The fourth-order valence-electron chi connectivity index (χ4n) is 2.56. The van der Waals surface area contributed by atoms with Crippen molar-refractivity contribution >= 4 is 20.5 Å². The Kier molecular flexibility index (Phi) is 4.21. The van der Waals surface area contributed by atoms with E-state index in [4.69, 9.17) is 0 Å². The second-order valence-corrected chi connectivity index (χ2v) is 10.3. The molecule has 1 aliphatic rings. The second-order valence-electron chi connectivity index (χ2n) is 5.38. The monoisotopic (exact) mass is 311 g/mol. The van der Waals surface area contributed by atoms with E-state index >= 15 is 0 Å². The Balaban J connectivity index is 2.64. The number of allylic oxidation sites excluding steroid dienone is 1. The number of benzene rings is 1.